The van der Waals surface area contributed by atoms with Crippen LogP contribution in [-0.2, 0) is 6.54 Å². The highest BCUT2D eigenvalue weighted by atomic mass is 16.6. The number of carbonyl (C=O) groups is 2. The number of rotatable bonds is 4. The highest BCUT2D eigenvalue weighted by Crippen LogP contribution is 2.37. The molecule has 1 fully saturated rings. The molecule has 1 aromatic heterocycles. The maximum atomic E-state index is 13.1. The van der Waals surface area contributed by atoms with Crippen molar-refractivity contribution in [3.63, 3.8) is 0 Å². The number of aromatic nitrogens is 2. The van der Waals surface area contributed by atoms with Crippen molar-refractivity contribution < 1.29 is 19.8 Å². The van der Waals surface area contributed by atoms with E-state index in [0.717, 1.165) is 16.5 Å². The van der Waals surface area contributed by atoms with Gasteiger partial charge in [-0.05, 0) is 42.0 Å². The largest absolute Gasteiger partial charge is 0.503 e. The lowest BCUT2D eigenvalue weighted by molar-refractivity contribution is 0.0781. The van der Waals surface area contributed by atoms with Crippen molar-refractivity contribution in [2.45, 2.75) is 31.7 Å². The van der Waals surface area contributed by atoms with Crippen LogP contribution in [0.5, 0.6) is 0 Å². The van der Waals surface area contributed by atoms with Crippen LogP contribution < -0.4 is 5.73 Å². The molecule has 1 heterocycles. The molecule has 0 atom stereocenters. The molecule has 1 aliphatic carbocycles. The molecule has 0 saturated heterocycles. The summed E-state index contributed by atoms with van der Waals surface area (Å²) in [6, 6.07) is 16.0. The molecule has 4 N–H and O–H groups in total. The Bertz CT molecular complexity index is 1050. The minimum absolute atomic E-state index is 0.130. The first kappa shape index (κ1) is 21.0. The Morgan fingerprint density at radius 2 is 1.77 bits per heavy atom. The molecule has 0 spiro atoms. The van der Waals surface area contributed by atoms with Crippen LogP contribution in [0.1, 0.15) is 46.8 Å². The first-order chi connectivity index (χ1) is 14.3. The number of hydrogen-bond acceptors (Lipinski definition) is 5. The van der Waals surface area contributed by atoms with Crippen LogP contribution in [0.4, 0.5) is 10.7 Å². The fourth-order valence-electron chi connectivity index (χ4n) is 3.43. The zero-order chi connectivity index (χ0) is 21.7. The third kappa shape index (κ3) is 5.02. The van der Waals surface area contributed by atoms with Gasteiger partial charge in [0.25, 0.3) is 5.91 Å². The Labute approximate surface area is 174 Å². The van der Waals surface area contributed by atoms with Crippen LogP contribution in [0, 0.1) is 0 Å². The Hall–Kier alpha value is -3.68. The van der Waals surface area contributed by atoms with Gasteiger partial charge in [0.1, 0.15) is 5.69 Å². The first-order valence-electron chi connectivity index (χ1n) is 9.63. The second-order valence-corrected chi connectivity index (χ2v) is 7.26. The van der Waals surface area contributed by atoms with Crippen molar-refractivity contribution in [2.24, 2.45) is 0 Å². The Morgan fingerprint density at radius 3 is 2.37 bits per heavy atom. The summed E-state index contributed by atoms with van der Waals surface area (Å²) in [4.78, 5) is 31.9. The zero-order valence-corrected chi connectivity index (χ0v) is 16.7. The number of nitrogen functional groups attached to an aromatic ring is 1. The van der Waals surface area contributed by atoms with Crippen LogP contribution in [0.3, 0.4) is 0 Å². The first-order valence-corrected chi connectivity index (χ1v) is 9.63. The Kier molecular flexibility index (Phi) is 6.46. The number of anilines is 1. The summed E-state index contributed by atoms with van der Waals surface area (Å²) in [6.45, 7) is 0.521. The SMILES string of the molecule is CN(Cc1ccccc1)C(=O)c1nc(N)nc2ccc(C3CCC3)cc12.O=C(O)O. The van der Waals surface area contributed by atoms with Crippen molar-refractivity contribution in [2.75, 3.05) is 12.8 Å². The number of amides is 1. The van der Waals surface area contributed by atoms with E-state index in [-0.39, 0.29) is 11.9 Å². The van der Waals surface area contributed by atoms with Crippen molar-refractivity contribution in [3.05, 3.63) is 65.4 Å². The molecule has 4 rings (SSSR count). The second kappa shape index (κ2) is 9.21. The second-order valence-electron chi connectivity index (χ2n) is 7.26. The lowest BCUT2D eigenvalue weighted by atomic mass is 9.80. The molecule has 0 unspecified atom stereocenters. The van der Waals surface area contributed by atoms with E-state index in [4.69, 9.17) is 20.7 Å². The maximum absolute atomic E-state index is 13.1. The predicted octanol–water partition coefficient (Wildman–Crippen LogP) is 3.97. The third-order valence-corrected chi connectivity index (χ3v) is 5.13. The number of nitrogens with zero attached hydrogens (tertiary/aromatic N) is 3. The predicted molar refractivity (Wildman–Crippen MR) is 113 cm³/mol. The normalized spacial score (nSPS) is 13.1. The van der Waals surface area contributed by atoms with Gasteiger partial charge in [0.15, 0.2) is 0 Å². The molecular weight excluding hydrogens is 384 g/mol. The highest BCUT2D eigenvalue weighted by Gasteiger charge is 2.23. The molecule has 0 bridgehead atoms. The number of fused-ring (bicyclic) bond motifs is 1. The van der Waals surface area contributed by atoms with Crippen molar-refractivity contribution in [3.8, 4) is 0 Å². The Balaban J connectivity index is 0.000000589. The molecule has 8 heteroatoms. The lowest BCUT2D eigenvalue weighted by Crippen LogP contribution is -2.27. The summed E-state index contributed by atoms with van der Waals surface area (Å²) >= 11 is 0. The average Bonchev–Trinajstić information content (AvgIpc) is 2.66. The number of benzene rings is 2. The summed E-state index contributed by atoms with van der Waals surface area (Å²) in [5.74, 6) is 0.575. The highest BCUT2D eigenvalue weighted by molar-refractivity contribution is 6.04. The third-order valence-electron chi connectivity index (χ3n) is 5.13. The van der Waals surface area contributed by atoms with Gasteiger partial charge in [0, 0.05) is 19.0 Å². The van der Waals surface area contributed by atoms with E-state index in [1.807, 2.05) is 36.4 Å². The van der Waals surface area contributed by atoms with Crippen molar-refractivity contribution in [1.82, 2.24) is 14.9 Å². The van der Waals surface area contributed by atoms with Crippen LogP contribution >= 0.6 is 0 Å². The summed E-state index contributed by atoms with van der Waals surface area (Å²) < 4.78 is 0. The fraction of sp³-hybridized carbons (Fsp3) is 0.273. The summed E-state index contributed by atoms with van der Waals surface area (Å²) in [5.41, 5.74) is 9.29. The molecule has 3 aromatic rings. The number of nitrogens with two attached hydrogens (primary N) is 1. The summed E-state index contributed by atoms with van der Waals surface area (Å²) in [5, 5.41) is 14.7. The van der Waals surface area contributed by atoms with Gasteiger partial charge >= 0.3 is 6.16 Å². The quantitative estimate of drug-likeness (QED) is 0.595. The standard InChI is InChI=1S/C21H22N4O.CH2O3/c1-25(13-14-6-3-2-4-7-14)20(26)19-17-12-16(15-8-5-9-15)10-11-18(17)23-21(22)24-19;2-1(3)4/h2-4,6-7,10-12,15H,5,8-9,13H2,1H3,(H2,22,23,24);(H2,2,3,4). The lowest BCUT2D eigenvalue weighted by Gasteiger charge is -2.26. The molecule has 2 aromatic carbocycles. The van der Waals surface area contributed by atoms with Crippen LogP contribution in [0.15, 0.2) is 48.5 Å². The van der Waals surface area contributed by atoms with Gasteiger partial charge in [-0.1, -0.05) is 42.8 Å². The van der Waals surface area contributed by atoms with E-state index in [0.29, 0.717) is 18.2 Å². The van der Waals surface area contributed by atoms with E-state index in [1.54, 1.807) is 11.9 Å². The molecule has 0 aliphatic heterocycles. The van der Waals surface area contributed by atoms with Gasteiger partial charge in [0.05, 0.1) is 5.52 Å². The van der Waals surface area contributed by atoms with Gasteiger partial charge in [0.2, 0.25) is 5.95 Å². The Morgan fingerprint density at radius 1 is 1.10 bits per heavy atom. The molecule has 8 nitrogen and oxygen atoms in total. The van der Waals surface area contributed by atoms with E-state index >= 15 is 0 Å². The fourth-order valence-corrected chi connectivity index (χ4v) is 3.43. The van der Waals surface area contributed by atoms with E-state index in [9.17, 15) is 4.79 Å². The van der Waals surface area contributed by atoms with Gasteiger partial charge in [-0.2, -0.15) is 0 Å². The van der Waals surface area contributed by atoms with Gasteiger partial charge < -0.3 is 20.8 Å². The van der Waals surface area contributed by atoms with Gasteiger partial charge in [-0.25, -0.2) is 14.8 Å². The topological polar surface area (TPSA) is 130 Å². The summed E-state index contributed by atoms with van der Waals surface area (Å²) in [7, 11) is 1.79. The molecule has 0 radical (unpaired) electrons. The van der Waals surface area contributed by atoms with Crippen LogP contribution in [0.2, 0.25) is 0 Å². The smallest absolute Gasteiger partial charge is 0.450 e. The van der Waals surface area contributed by atoms with Crippen molar-refractivity contribution >= 4 is 28.9 Å². The minimum atomic E-state index is -1.83. The summed E-state index contributed by atoms with van der Waals surface area (Å²) in [6.07, 6.45) is 1.85. The zero-order valence-electron chi connectivity index (χ0n) is 16.7. The molecule has 1 aliphatic rings. The van der Waals surface area contributed by atoms with Crippen LogP contribution in [0.25, 0.3) is 10.9 Å². The maximum Gasteiger partial charge on any atom is 0.503 e. The van der Waals surface area contributed by atoms with Gasteiger partial charge in [-0.15, -0.1) is 0 Å². The van der Waals surface area contributed by atoms with E-state index < -0.39 is 6.16 Å². The number of hydrogen-bond donors (Lipinski definition) is 3. The molecule has 1 amide bonds. The van der Waals surface area contributed by atoms with Gasteiger partial charge in [-0.3, -0.25) is 4.79 Å². The number of carbonyl (C=O) groups excluding carboxylic acids is 1. The van der Waals surface area contributed by atoms with E-state index in [1.165, 1.54) is 24.8 Å². The molecule has 156 valence electrons. The van der Waals surface area contributed by atoms with Crippen LogP contribution in [-0.4, -0.2) is 44.2 Å². The average molecular weight is 408 g/mol. The van der Waals surface area contributed by atoms with Crippen molar-refractivity contribution in [1.29, 1.82) is 0 Å². The number of carboxylic acid groups (broad SMARTS) is 2. The van der Waals surface area contributed by atoms with E-state index in [2.05, 4.69) is 22.1 Å². The minimum Gasteiger partial charge on any atom is -0.450 e. The molecular formula is C22H24N4O4. The molecule has 1 saturated carbocycles. The monoisotopic (exact) mass is 408 g/mol. The molecule has 30 heavy (non-hydrogen) atoms.